The molecule has 0 unspecified atom stereocenters. The first kappa shape index (κ1) is 17.2. The third kappa shape index (κ3) is 3.24. The zero-order valence-electron chi connectivity index (χ0n) is 14.8. The fraction of sp³-hybridized carbons (Fsp3) is 0.429. The van der Waals surface area contributed by atoms with Crippen LogP contribution in [0.1, 0.15) is 34.3 Å². The molecule has 2 aliphatic rings. The molecule has 136 valence electrons. The number of carbonyl (C=O) groups is 1. The van der Waals surface area contributed by atoms with E-state index in [-0.39, 0.29) is 23.8 Å². The van der Waals surface area contributed by atoms with Gasteiger partial charge in [-0.1, -0.05) is 12.1 Å². The van der Waals surface area contributed by atoms with Crippen LogP contribution in [0, 0.1) is 5.92 Å². The second-order valence-electron chi connectivity index (χ2n) is 7.44. The molecule has 0 bridgehead atoms. The van der Waals surface area contributed by atoms with Gasteiger partial charge in [0.2, 0.25) is 0 Å². The number of nitrogen functional groups attached to an aromatic ring is 1. The Labute approximate surface area is 153 Å². The number of hydrogen-bond acceptors (Lipinski definition) is 5. The lowest BCUT2D eigenvalue weighted by Gasteiger charge is -2.42. The highest BCUT2D eigenvalue weighted by Crippen LogP contribution is 2.31. The van der Waals surface area contributed by atoms with Crippen LogP contribution in [0.3, 0.4) is 0 Å². The van der Waals surface area contributed by atoms with Crippen LogP contribution in [0.4, 0.5) is 5.69 Å². The van der Waals surface area contributed by atoms with Gasteiger partial charge in [-0.25, -0.2) is 0 Å². The molecule has 4 rings (SSSR count). The Kier molecular flexibility index (Phi) is 4.74. The molecule has 2 aromatic rings. The van der Waals surface area contributed by atoms with Crippen LogP contribution in [0.5, 0.6) is 0 Å². The molecular weight excluding hydrogens is 326 g/mol. The molecule has 0 radical (unpaired) electrons. The maximum Gasteiger partial charge on any atom is 0.167 e. The van der Waals surface area contributed by atoms with Crippen LogP contribution < -0.4 is 5.73 Å². The number of nitrogens with zero attached hydrogens (tertiary/aromatic N) is 2. The third-order valence-corrected chi connectivity index (χ3v) is 5.91. The average molecular weight is 351 g/mol. The van der Waals surface area contributed by atoms with E-state index in [0.717, 1.165) is 43.6 Å². The molecule has 2 heterocycles. The van der Waals surface area contributed by atoms with Crippen molar-refractivity contribution < 1.29 is 9.90 Å². The summed E-state index contributed by atoms with van der Waals surface area (Å²) in [6, 6.07) is 9.68. The number of piperidine rings is 1. The Balaban J connectivity index is 1.42. The minimum absolute atomic E-state index is 0.0496. The number of benzene rings is 1. The summed E-state index contributed by atoms with van der Waals surface area (Å²) in [5, 5.41) is 10.7. The van der Waals surface area contributed by atoms with E-state index >= 15 is 0 Å². The zero-order chi connectivity index (χ0) is 18.1. The molecule has 3 N–H and O–H groups in total. The summed E-state index contributed by atoms with van der Waals surface area (Å²) in [6.45, 7) is 1.67. The smallest absolute Gasteiger partial charge is 0.167 e. The van der Waals surface area contributed by atoms with Crippen LogP contribution in [-0.2, 0) is 12.8 Å². The van der Waals surface area contributed by atoms with E-state index in [1.165, 1.54) is 5.56 Å². The molecule has 1 aromatic carbocycles. The highest BCUT2D eigenvalue weighted by atomic mass is 16.3. The van der Waals surface area contributed by atoms with Crippen LogP contribution in [0.25, 0.3) is 0 Å². The number of aromatic nitrogens is 1. The number of Topliss-reactive ketones (excluding diaryl/α,β-unsaturated/α-hetero) is 1. The van der Waals surface area contributed by atoms with Crippen molar-refractivity contribution in [2.45, 2.75) is 37.8 Å². The normalized spacial score (nSPS) is 24.2. The predicted molar refractivity (Wildman–Crippen MR) is 101 cm³/mol. The summed E-state index contributed by atoms with van der Waals surface area (Å²) >= 11 is 0. The van der Waals surface area contributed by atoms with E-state index in [1.807, 2.05) is 24.3 Å². The van der Waals surface area contributed by atoms with E-state index in [2.05, 4.69) is 16.0 Å². The fourth-order valence-corrected chi connectivity index (χ4v) is 4.41. The number of carbonyl (C=O) groups excluding carboxylic acids is 1. The van der Waals surface area contributed by atoms with Gasteiger partial charge in [-0.05, 0) is 61.7 Å². The SMILES string of the molecule is Nc1cccc2c1C[C@H](N1CCC(C(=O)c3cccnc3)CC1)[C@@H](O)C2. The van der Waals surface area contributed by atoms with Gasteiger partial charge in [-0.3, -0.25) is 14.7 Å². The second-order valence-corrected chi connectivity index (χ2v) is 7.44. The molecule has 1 saturated heterocycles. The summed E-state index contributed by atoms with van der Waals surface area (Å²) in [6.07, 6.45) is 6.05. The fourth-order valence-electron chi connectivity index (χ4n) is 4.41. The highest BCUT2D eigenvalue weighted by Gasteiger charge is 2.35. The Bertz CT molecular complexity index is 785. The van der Waals surface area contributed by atoms with Gasteiger partial charge in [0.05, 0.1) is 6.10 Å². The van der Waals surface area contributed by atoms with Gasteiger partial charge >= 0.3 is 0 Å². The summed E-state index contributed by atoms with van der Waals surface area (Å²) in [7, 11) is 0. The van der Waals surface area contributed by atoms with Crippen molar-refractivity contribution in [1.82, 2.24) is 9.88 Å². The summed E-state index contributed by atoms with van der Waals surface area (Å²) in [4.78, 5) is 19.0. The number of ketones is 1. The highest BCUT2D eigenvalue weighted by molar-refractivity contribution is 5.97. The van der Waals surface area contributed by atoms with Gasteiger partial charge < -0.3 is 10.8 Å². The van der Waals surface area contributed by atoms with E-state index in [9.17, 15) is 9.90 Å². The maximum atomic E-state index is 12.6. The molecule has 26 heavy (non-hydrogen) atoms. The molecule has 5 nitrogen and oxygen atoms in total. The van der Waals surface area contributed by atoms with Gasteiger partial charge in [0.25, 0.3) is 0 Å². The van der Waals surface area contributed by atoms with E-state index < -0.39 is 0 Å². The minimum atomic E-state index is -0.380. The van der Waals surface area contributed by atoms with E-state index in [4.69, 9.17) is 5.73 Å². The van der Waals surface area contributed by atoms with Crippen LogP contribution in [-0.4, -0.2) is 46.0 Å². The lowest BCUT2D eigenvalue weighted by molar-refractivity contribution is 0.0241. The predicted octanol–water partition coefficient (Wildman–Crippen LogP) is 2.09. The maximum absolute atomic E-state index is 12.6. The number of fused-ring (bicyclic) bond motifs is 1. The summed E-state index contributed by atoms with van der Waals surface area (Å²) in [5.74, 6) is 0.241. The molecule has 0 spiro atoms. The zero-order valence-corrected chi connectivity index (χ0v) is 14.8. The first-order chi connectivity index (χ1) is 12.6. The van der Waals surface area contributed by atoms with E-state index in [1.54, 1.807) is 12.4 Å². The van der Waals surface area contributed by atoms with Crippen LogP contribution >= 0.6 is 0 Å². The molecule has 5 heteroatoms. The van der Waals surface area contributed by atoms with Gasteiger partial charge in [0, 0.05) is 42.0 Å². The Morgan fingerprint density at radius 2 is 1.96 bits per heavy atom. The van der Waals surface area contributed by atoms with Gasteiger partial charge in [0.15, 0.2) is 5.78 Å². The third-order valence-electron chi connectivity index (χ3n) is 5.91. The largest absolute Gasteiger partial charge is 0.398 e. The van der Waals surface area contributed by atoms with Crippen LogP contribution in [0.2, 0.25) is 0 Å². The van der Waals surface area contributed by atoms with E-state index in [0.29, 0.717) is 12.0 Å². The first-order valence-electron chi connectivity index (χ1n) is 9.36. The second kappa shape index (κ2) is 7.17. The van der Waals surface area contributed by atoms with Crippen molar-refractivity contribution in [3.8, 4) is 0 Å². The molecular formula is C21H25N3O2. The molecule has 0 amide bonds. The lowest BCUT2D eigenvalue weighted by atomic mass is 9.82. The lowest BCUT2D eigenvalue weighted by Crippen LogP contribution is -2.51. The number of hydrogen-bond donors (Lipinski definition) is 2. The van der Waals surface area contributed by atoms with Crippen molar-refractivity contribution in [3.63, 3.8) is 0 Å². The van der Waals surface area contributed by atoms with Crippen molar-refractivity contribution in [2.75, 3.05) is 18.8 Å². The van der Waals surface area contributed by atoms with Crippen molar-refractivity contribution in [1.29, 1.82) is 0 Å². The number of rotatable bonds is 3. The number of anilines is 1. The average Bonchev–Trinajstić information content (AvgIpc) is 2.68. The molecule has 1 aliphatic carbocycles. The molecule has 1 aliphatic heterocycles. The van der Waals surface area contributed by atoms with Crippen LogP contribution in [0.15, 0.2) is 42.7 Å². The summed E-state index contributed by atoms with van der Waals surface area (Å²) < 4.78 is 0. The Morgan fingerprint density at radius 3 is 2.69 bits per heavy atom. The number of aliphatic hydroxyl groups is 1. The first-order valence-corrected chi connectivity index (χ1v) is 9.36. The van der Waals surface area contributed by atoms with Crippen molar-refractivity contribution in [2.24, 2.45) is 5.92 Å². The van der Waals surface area contributed by atoms with Gasteiger partial charge in [-0.2, -0.15) is 0 Å². The van der Waals surface area contributed by atoms with Crippen molar-refractivity contribution in [3.05, 3.63) is 59.4 Å². The number of nitrogens with two attached hydrogens (primary N) is 1. The quantitative estimate of drug-likeness (QED) is 0.654. The number of pyridine rings is 1. The Morgan fingerprint density at radius 1 is 1.15 bits per heavy atom. The molecule has 1 fully saturated rings. The molecule has 0 saturated carbocycles. The standard InChI is InChI=1S/C21H25N3O2/c22-18-5-1-3-15-11-20(25)19(12-17(15)18)24-9-6-14(7-10-24)21(26)16-4-2-8-23-13-16/h1-5,8,13-14,19-20,25H,6-7,9-12,22H2/t19-,20-/m0/s1. The Hall–Kier alpha value is -2.24. The number of likely N-dealkylation sites (tertiary alicyclic amines) is 1. The van der Waals surface area contributed by atoms with Gasteiger partial charge in [-0.15, -0.1) is 0 Å². The van der Waals surface area contributed by atoms with Crippen molar-refractivity contribution >= 4 is 11.5 Å². The number of aliphatic hydroxyl groups excluding tert-OH is 1. The molecule has 1 aromatic heterocycles. The van der Waals surface area contributed by atoms with Gasteiger partial charge in [0.1, 0.15) is 0 Å². The monoisotopic (exact) mass is 351 g/mol. The minimum Gasteiger partial charge on any atom is -0.398 e. The molecule has 2 atom stereocenters. The summed E-state index contributed by atoms with van der Waals surface area (Å²) in [5.41, 5.74) is 10.0. The topological polar surface area (TPSA) is 79.5 Å².